The Morgan fingerprint density at radius 2 is 1.34 bits per heavy atom. The van der Waals surface area contributed by atoms with Crippen molar-refractivity contribution in [2.45, 2.75) is 26.0 Å². The van der Waals surface area contributed by atoms with Crippen molar-refractivity contribution in [3.63, 3.8) is 0 Å². The van der Waals surface area contributed by atoms with Crippen LogP contribution in [0.1, 0.15) is 51.1 Å². The third-order valence-electron chi connectivity index (χ3n) is 5.60. The number of carbonyl (C=O) groups excluding carboxylic acids is 3. The van der Waals surface area contributed by atoms with Crippen LogP contribution < -0.4 is 0 Å². The zero-order valence-corrected chi connectivity index (χ0v) is 20.0. The van der Waals surface area contributed by atoms with Gasteiger partial charge in [-0.05, 0) is 37.6 Å². The molecule has 0 saturated heterocycles. The lowest BCUT2D eigenvalue weighted by atomic mass is 10.0. The number of halogens is 1. The van der Waals surface area contributed by atoms with Gasteiger partial charge in [-0.25, -0.2) is 4.79 Å². The number of nitrogens with zero attached hydrogens (tertiary/aromatic N) is 2. The number of hydrogen-bond donors (Lipinski definition) is 0. The minimum atomic E-state index is -1.00. The molecule has 1 aromatic heterocycles. The highest BCUT2D eigenvalue weighted by molar-refractivity contribution is 6.30. The van der Waals surface area contributed by atoms with Crippen LogP contribution in [-0.2, 0) is 4.74 Å². The second-order valence-corrected chi connectivity index (χ2v) is 8.49. The molecule has 0 aliphatic carbocycles. The number of Topliss-reactive ketones (excluding diaryl/α,β-unsaturated/α-hetero) is 2. The molecule has 0 bridgehead atoms. The van der Waals surface area contributed by atoms with E-state index >= 15 is 0 Å². The van der Waals surface area contributed by atoms with Crippen molar-refractivity contribution in [2.75, 3.05) is 0 Å². The van der Waals surface area contributed by atoms with Gasteiger partial charge < -0.3 is 4.74 Å². The highest BCUT2D eigenvalue weighted by Gasteiger charge is 2.27. The van der Waals surface area contributed by atoms with Gasteiger partial charge in [0.25, 0.3) is 0 Å². The van der Waals surface area contributed by atoms with Crippen molar-refractivity contribution in [1.29, 1.82) is 0 Å². The second kappa shape index (κ2) is 10.5. The molecular weight excluding hydrogens is 464 g/mol. The van der Waals surface area contributed by atoms with Crippen molar-refractivity contribution in [3.8, 4) is 11.3 Å². The number of carbonyl (C=O) groups is 3. The fourth-order valence-corrected chi connectivity index (χ4v) is 3.82. The Hall–Kier alpha value is -4.03. The van der Waals surface area contributed by atoms with E-state index in [0.29, 0.717) is 21.8 Å². The summed E-state index contributed by atoms with van der Waals surface area (Å²) >= 11 is 6.04. The van der Waals surface area contributed by atoms with Crippen LogP contribution in [0, 0.1) is 0 Å². The zero-order chi connectivity index (χ0) is 24.9. The molecule has 0 aliphatic rings. The van der Waals surface area contributed by atoms with Crippen LogP contribution in [0.3, 0.4) is 0 Å². The molecule has 3 aromatic carbocycles. The molecule has 176 valence electrons. The topological polar surface area (TPSA) is 78.3 Å². The number of aromatic nitrogens is 2. The maximum atomic E-state index is 13.1. The van der Waals surface area contributed by atoms with Gasteiger partial charge in [-0.3, -0.25) is 14.3 Å². The van der Waals surface area contributed by atoms with E-state index in [1.165, 1.54) is 11.6 Å². The van der Waals surface area contributed by atoms with Crippen molar-refractivity contribution in [2.24, 2.45) is 0 Å². The molecule has 6 nitrogen and oxygen atoms in total. The Kier molecular flexibility index (Phi) is 7.22. The monoisotopic (exact) mass is 486 g/mol. The summed E-state index contributed by atoms with van der Waals surface area (Å²) < 4.78 is 6.93. The zero-order valence-electron chi connectivity index (χ0n) is 19.2. The quantitative estimate of drug-likeness (QED) is 0.223. The largest absolute Gasteiger partial charge is 0.449 e. The Labute approximate surface area is 208 Å². The highest BCUT2D eigenvalue weighted by Crippen LogP contribution is 2.27. The lowest BCUT2D eigenvalue weighted by Gasteiger charge is -2.15. The van der Waals surface area contributed by atoms with Gasteiger partial charge in [-0.2, -0.15) is 5.10 Å². The molecule has 35 heavy (non-hydrogen) atoms. The van der Waals surface area contributed by atoms with Crippen molar-refractivity contribution in [1.82, 2.24) is 9.78 Å². The van der Waals surface area contributed by atoms with Crippen LogP contribution in [0.5, 0.6) is 0 Å². The van der Waals surface area contributed by atoms with E-state index in [4.69, 9.17) is 16.3 Å². The predicted molar refractivity (Wildman–Crippen MR) is 134 cm³/mol. The molecule has 0 spiro atoms. The lowest BCUT2D eigenvalue weighted by molar-refractivity contribution is 0.0312. The number of ketones is 2. The first-order valence-electron chi connectivity index (χ1n) is 11.1. The van der Waals surface area contributed by atoms with Gasteiger partial charge >= 0.3 is 5.97 Å². The van der Waals surface area contributed by atoms with Crippen LogP contribution >= 0.6 is 11.6 Å². The molecule has 0 amide bonds. The Balaban J connectivity index is 1.65. The van der Waals surface area contributed by atoms with E-state index in [0.717, 1.165) is 5.56 Å². The molecule has 0 fully saturated rings. The van der Waals surface area contributed by atoms with Crippen LogP contribution in [0.25, 0.3) is 11.3 Å². The summed E-state index contributed by atoms with van der Waals surface area (Å²) in [6.07, 6.45) is -1.00. The average Bonchev–Trinajstić information content (AvgIpc) is 3.34. The molecule has 0 aliphatic heterocycles. The van der Waals surface area contributed by atoms with Crippen LogP contribution in [0.2, 0.25) is 5.02 Å². The van der Waals surface area contributed by atoms with Gasteiger partial charge in [0.1, 0.15) is 6.04 Å². The SMILES string of the molecule is C[C@H](OC(=O)c1cc(-c2ccc(Cl)cc2)n([C@@H](C)C(=O)c2ccccc2)n1)C(=O)c1ccccc1. The van der Waals surface area contributed by atoms with Gasteiger partial charge in [0, 0.05) is 16.1 Å². The molecule has 4 aromatic rings. The predicted octanol–water partition coefficient (Wildman–Crippen LogP) is 6.08. The Morgan fingerprint density at radius 1 is 0.800 bits per heavy atom. The summed E-state index contributed by atoms with van der Waals surface area (Å²) in [4.78, 5) is 38.7. The molecule has 0 N–H and O–H groups in total. The standard InChI is InChI=1S/C28H23ClN2O4/c1-18(26(32)21-9-5-3-6-10-21)31-25(20-13-15-23(29)16-14-20)17-24(30-31)28(34)35-19(2)27(33)22-11-7-4-8-12-22/h3-19H,1-2H3/t18-,19-/m0/s1. The third kappa shape index (κ3) is 5.39. The first-order chi connectivity index (χ1) is 16.8. The van der Waals surface area contributed by atoms with Crippen LogP contribution in [-0.4, -0.2) is 33.4 Å². The molecule has 0 saturated carbocycles. The van der Waals surface area contributed by atoms with Crippen molar-refractivity contribution < 1.29 is 19.1 Å². The van der Waals surface area contributed by atoms with E-state index < -0.39 is 18.1 Å². The van der Waals surface area contributed by atoms with Gasteiger partial charge in [0.15, 0.2) is 17.6 Å². The van der Waals surface area contributed by atoms with Crippen molar-refractivity contribution >= 4 is 29.1 Å². The lowest BCUT2D eigenvalue weighted by Crippen LogP contribution is -2.25. The van der Waals surface area contributed by atoms with E-state index in [1.807, 2.05) is 6.07 Å². The average molecular weight is 487 g/mol. The van der Waals surface area contributed by atoms with E-state index in [2.05, 4.69) is 5.10 Å². The molecule has 7 heteroatoms. The van der Waals surface area contributed by atoms with E-state index in [9.17, 15) is 14.4 Å². The molecule has 0 radical (unpaired) electrons. The fourth-order valence-electron chi connectivity index (χ4n) is 3.69. The molecule has 2 atom stereocenters. The van der Waals surface area contributed by atoms with Crippen LogP contribution in [0.4, 0.5) is 0 Å². The fraction of sp³-hybridized carbons (Fsp3) is 0.143. The normalized spacial score (nSPS) is 12.5. The highest BCUT2D eigenvalue weighted by atomic mass is 35.5. The number of esters is 1. The number of rotatable bonds is 8. The third-order valence-corrected chi connectivity index (χ3v) is 5.85. The first-order valence-corrected chi connectivity index (χ1v) is 11.5. The summed E-state index contributed by atoms with van der Waals surface area (Å²) in [7, 11) is 0. The maximum Gasteiger partial charge on any atom is 0.359 e. The van der Waals surface area contributed by atoms with Crippen molar-refractivity contribution in [3.05, 3.63) is 113 Å². The van der Waals surface area contributed by atoms with Crippen LogP contribution in [0.15, 0.2) is 91.0 Å². The minimum absolute atomic E-state index is 0.00428. The van der Waals surface area contributed by atoms with E-state index in [-0.39, 0.29) is 17.3 Å². The van der Waals surface area contributed by atoms with Gasteiger partial charge in [-0.1, -0.05) is 84.4 Å². The Bertz CT molecular complexity index is 1350. The van der Waals surface area contributed by atoms with Gasteiger partial charge in [0.05, 0.1) is 5.69 Å². The summed E-state index contributed by atoms with van der Waals surface area (Å²) in [5.74, 6) is -1.23. The maximum absolute atomic E-state index is 13.1. The molecule has 1 heterocycles. The Morgan fingerprint density at radius 3 is 1.91 bits per heavy atom. The molecule has 0 unspecified atom stereocenters. The molecule has 4 rings (SSSR count). The number of hydrogen-bond acceptors (Lipinski definition) is 5. The minimum Gasteiger partial charge on any atom is -0.449 e. The second-order valence-electron chi connectivity index (χ2n) is 8.05. The van der Waals surface area contributed by atoms with Gasteiger partial charge in [-0.15, -0.1) is 0 Å². The summed E-state index contributed by atoms with van der Waals surface area (Å²) in [5.41, 5.74) is 2.25. The number of benzene rings is 3. The summed E-state index contributed by atoms with van der Waals surface area (Å²) in [6.45, 7) is 3.24. The smallest absolute Gasteiger partial charge is 0.359 e. The summed E-state index contributed by atoms with van der Waals surface area (Å²) in [5, 5.41) is 4.97. The summed E-state index contributed by atoms with van der Waals surface area (Å²) in [6, 6.07) is 25.4. The first kappa shape index (κ1) is 24.1. The number of ether oxygens (including phenoxy) is 1. The van der Waals surface area contributed by atoms with Gasteiger partial charge in [0.2, 0.25) is 5.78 Å². The molecular formula is C28H23ClN2O4. The van der Waals surface area contributed by atoms with E-state index in [1.54, 1.807) is 91.9 Å².